The normalized spacial score (nSPS) is 13.2. The van der Waals surface area contributed by atoms with Gasteiger partial charge in [0.25, 0.3) is 0 Å². The van der Waals surface area contributed by atoms with Crippen LogP contribution in [0, 0.1) is 0 Å². The van der Waals surface area contributed by atoms with Crippen molar-refractivity contribution in [2.24, 2.45) is 0 Å². The molecule has 4 aromatic carbocycles. The van der Waals surface area contributed by atoms with Gasteiger partial charge in [0, 0.05) is 48.2 Å². The SMILES string of the molecule is COC(=O)c1ccc(/C=C/C(CCC(F)(F)F)c2ccc(-c3ccc(C(F)(F)F)cc3)nc2)cc1.O=C(O)c1ccc(/C=C/C(CCC(F)(F)F)c2ccc(-c3ccc(C(F)(F)F)cc3)nc2)cc1. The van der Waals surface area contributed by atoms with Gasteiger partial charge in [-0.3, -0.25) is 9.97 Å². The Hall–Kier alpha value is -7.24. The van der Waals surface area contributed by atoms with E-state index in [2.05, 4.69) is 14.7 Å². The molecule has 0 saturated carbocycles. The molecular weight excluding hydrogens is 933 g/mol. The minimum Gasteiger partial charge on any atom is -0.478 e. The number of halogens is 12. The molecule has 0 amide bonds. The van der Waals surface area contributed by atoms with E-state index in [0.717, 1.165) is 24.3 Å². The number of methoxy groups -OCH3 is 1. The summed E-state index contributed by atoms with van der Waals surface area (Å²) >= 11 is 0. The highest BCUT2D eigenvalue weighted by Gasteiger charge is 2.32. The number of hydrogen-bond acceptors (Lipinski definition) is 5. The van der Waals surface area contributed by atoms with Crippen LogP contribution in [-0.2, 0) is 17.1 Å². The number of carbonyl (C=O) groups excluding carboxylic acids is 1. The van der Waals surface area contributed by atoms with Crippen LogP contribution in [0.1, 0.15) is 91.6 Å². The first-order valence-corrected chi connectivity index (χ1v) is 20.7. The quantitative estimate of drug-likeness (QED) is 0.0864. The zero-order valence-corrected chi connectivity index (χ0v) is 36.1. The Bertz CT molecular complexity index is 2660. The number of esters is 1. The van der Waals surface area contributed by atoms with Crippen molar-refractivity contribution in [1.29, 1.82) is 0 Å². The van der Waals surface area contributed by atoms with E-state index in [9.17, 15) is 62.3 Å². The van der Waals surface area contributed by atoms with E-state index in [4.69, 9.17) is 5.11 Å². The molecule has 362 valence electrons. The average Bonchev–Trinajstić information content (AvgIpc) is 3.31. The number of hydrogen-bond donors (Lipinski definition) is 1. The summed E-state index contributed by atoms with van der Waals surface area (Å²) in [5.74, 6) is -2.82. The highest BCUT2D eigenvalue weighted by Crippen LogP contribution is 2.35. The van der Waals surface area contributed by atoms with Crippen molar-refractivity contribution in [2.75, 3.05) is 7.11 Å². The Labute approximate surface area is 387 Å². The van der Waals surface area contributed by atoms with Crippen LogP contribution in [0.5, 0.6) is 0 Å². The van der Waals surface area contributed by atoms with Crippen LogP contribution in [0.4, 0.5) is 52.7 Å². The molecular formula is C51H40F12N2O4. The fraction of sp³-hybridized carbons (Fsp3) is 0.216. The molecule has 0 bridgehead atoms. The topological polar surface area (TPSA) is 89.4 Å². The molecule has 2 heterocycles. The van der Waals surface area contributed by atoms with Gasteiger partial charge in [0.1, 0.15) is 0 Å². The number of benzene rings is 4. The first kappa shape index (κ1) is 52.7. The fourth-order valence-electron chi connectivity index (χ4n) is 6.68. The van der Waals surface area contributed by atoms with Crippen LogP contribution < -0.4 is 0 Å². The third kappa shape index (κ3) is 16.5. The van der Waals surface area contributed by atoms with E-state index in [1.54, 1.807) is 85.0 Å². The smallest absolute Gasteiger partial charge is 0.416 e. The van der Waals surface area contributed by atoms with Crippen molar-refractivity contribution in [3.8, 4) is 22.5 Å². The first-order valence-electron chi connectivity index (χ1n) is 20.7. The zero-order chi connectivity index (χ0) is 50.6. The number of nitrogens with zero attached hydrogens (tertiary/aromatic N) is 2. The number of aromatic carboxylic acids is 1. The fourth-order valence-corrected chi connectivity index (χ4v) is 6.68. The van der Waals surface area contributed by atoms with Gasteiger partial charge in [0.05, 0.1) is 40.8 Å². The minimum absolute atomic E-state index is 0.0915. The lowest BCUT2D eigenvalue weighted by molar-refractivity contribution is -0.138. The molecule has 2 unspecified atom stereocenters. The molecule has 0 spiro atoms. The Morgan fingerprint density at radius 3 is 1.17 bits per heavy atom. The summed E-state index contributed by atoms with van der Waals surface area (Å²) < 4.78 is 158. The van der Waals surface area contributed by atoms with Gasteiger partial charge in [0.15, 0.2) is 0 Å². The maximum Gasteiger partial charge on any atom is 0.416 e. The van der Waals surface area contributed by atoms with Crippen molar-refractivity contribution in [1.82, 2.24) is 9.97 Å². The molecule has 0 radical (unpaired) electrons. The molecule has 69 heavy (non-hydrogen) atoms. The molecule has 2 aromatic heterocycles. The Morgan fingerprint density at radius 1 is 0.522 bits per heavy atom. The maximum atomic E-state index is 12.9. The number of alkyl halides is 12. The second-order valence-corrected chi connectivity index (χ2v) is 15.4. The molecule has 6 rings (SSSR count). The van der Waals surface area contributed by atoms with Gasteiger partial charge >= 0.3 is 36.6 Å². The van der Waals surface area contributed by atoms with E-state index in [1.807, 2.05) is 0 Å². The number of pyridine rings is 2. The zero-order valence-electron chi connectivity index (χ0n) is 36.1. The number of carboxylic acids is 1. The summed E-state index contributed by atoms with van der Waals surface area (Å²) in [4.78, 5) is 31.0. The number of aromatic nitrogens is 2. The molecule has 0 aliphatic carbocycles. The molecule has 2 atom stereocenters. The molecule has 6 aromatic rings. The molecule has 18 heteroatoms. The van der Waals surface area contributed by atoms with Crippen LogP contribution in [-0.4, -0.2) is 46.5 Å². The molecule has 0 fully saturated rings. The molecule has 6 nitrogen and oxygen atoms in total. The van der Waals surface area contributed by atoms with Crippen molar-refractivity contribution in [3.05, 3.63) is 190 Å². The van der Waals surface area contributed by atoms with Crippen LogP contribution in [0.3, 0.4) is 0 Å². The van der Waals surface area contributed by atoms with Crippen molar-refractivity contribution >= 4 is 24.1 Å². The van der Waals surface area contributed by atoms with Crippen LogP contribution in [0.25, 0.3) is 34.7 Å². The molecule has 0 saturated heterocycles. The third-order valence-corrected chi connectivity index (χ3v) is 10.5. The van der Waals surface area contributed by atoms with Gasteiger partial charge in [-0.1, -0.05) is 85.0 Å². The standard InChI is InChI=1S/C26H21F6NO2.C25H19F6NO2/c1-35-24(34)20-6-3-17(4-7-20)2-5-18(14-15-25(27,28)29)21-10-13-23(33-16-21)19-8-11-22(12-9-19)26(30,31)32;26-24(27,28)14-13-17(4-1-16-2-5-19(6-3-16)23(33)34)20-9-12-22(32-15-20)18-7-10-21(11-8-18)25(29,30)31/h2-13,16,18H,14-15H2,1H3;1-12,15,17H,13-14H2,(H,33,34)/b5-2+;4-1+. The van der Waals surface area contributed by atoms with Gasteiger partial charge in [-0.2, -0.15) is 52.7 Å². The molecule has 0 aliphatic heterocycles. The first-order chi connectivity index (χ1) is 32.4. The lowest BCUT2D eigenvalue weighted by atomic mass is 9.93. The molecule has 1 N–H and O–H groups in total. The third-order valence-electron chi connectivity index (χ3n) is 10.5. The largest absolute Gasteiger partial charge is 0.478 e. The highest BCUT2D eigenvalue weighted by molar-refractivity contribution is 5.89. The lowest BCUT2D eigenvalue weighted by Gasteiger charge is -2.15. The summed E-state index contributed by atoms with van der Waals surface area (Å²) in [5, 5.41) is 8.96. The predicted octanol–water partition coefficient (Wildman–Crippen LogP) is 15.3. The van der Waals surface area contributed by atoms with Crippen LogP contribution >= 0.6 is 0 Å². The van der Waals surface area contributed by atoms with Crippen molar-refractivity contribution < 1.29 is 72.1 Å². The van der Waals surface area contributed by atoms with E-state index >= 15 is 0 Å². The van der Waals surface area contributed by atoms with Crippen molar-refractivity contribution in [2.45, 2.75) is 62.2 Å². The van der Waals surface area contributed by atoms with E-state index in [1.165, 1.54) is 55.9 Å². The Kier molecular flexibility index (Phi) is 17.3. The van der Waals surface area contributed by atoms with Crippen LogP contribution in [0.2, 0.25) is 0 Å². The number of carboxylic acid groups (broad SMARTS) is 1. The summed E-state index contributed by atoms with van der Waals surface area (Å²) in [6.07, 6.45) is -10.7. The maximum absolute atomic E-state index is 12.9. The number of rotatable bonds is 14. The highest BCUT2D eigenvalue weighted by atomic mass is 19.4. The minimum atomic E-state index is -4.46. The Morgan fingerprint density at radius 2 is 0.884 bits per heavy atom. The summed E-state index contributed by atoms with van der Waals surface area (Å²) in [7, 11) is 1.26. The number of ether oxygens (including phenoxy) is 1. The van der Waals surface area contributed by atoms with Gasteiger partial charge in [-0.05, 0) is 95.8 Å². The summed E-state index contributed by atoms with van der Waals surface area (Å²) in [5.41, 5.74) is 2.91. The summed E-state index contributed by atoms with van der Waals surface area (Å²) in [6.45, 7) is 0. The van der Waals surface area contributed by atoms with Gasteiger partial charge in [-0.25, -0.2) is 9.59 Å². The second-order valence-electron chi connectivity index (χ2n) is 15.4. The Balaban J connectivity index is 0.000000258. The van der Waals surface area contributed by atoms with E-state index in [0.29, 0.717) is 50.3 Å². The van der Waals surface area contributed by atoms with E-state index < -0.39 is 72.4 Å². The lowest BCUT2D eigenvalue weighted by Crippen LogP contribution is -2.09. The van der Waals surface area contributed by atoms with Gasteiger partial charge in [-0.15, -0.1) is 0 Å². The van der Waals surface area contributed by atoms with Gasteiger partial charge in [0.2, 0.25) is 0 Å². The average molecular weight is 973 g/mol. The van der Waals surface area contributed by atoms with Crippen molar-refractivity contribution in [3.63, 3.8) is 0 Å². The van der Waals surface area contributed by atoms with Crippen LogP contribution in [0.15, 0.2) is 146 Å². The predicted molar refractivity (Wildman–Crippen MR) is 235 cm³/mol. The molecule has 0 aliphatic rings. The monoisotopic (exact) mass is 972 g/mol. The second kappa shape index (κ2) is 22.7. The van der Waals surface area contributed by atoms with Gasteiger partial charge < -0.3 is 9.84 Å². The summed E-state index contributed by atoms with van der Waals surface area (Å²) in [6, 6.07) is 27.6. The number of allylic oxidation sites excluding steroid dienone is 2. The van der Waals surface area contributed by atoms with E-state index in [-0.39, 0.29) is 18.4 Å². The number of carbonyl (C=O) groups is 2.